The van der Waals surface area contributed by atoms with E-state index in [4.69, 9.17) is 0 Å². The molecule has 22 heavy (non-hydrogen) atoms. The van der Waals surface area contributed by atoms with Gasteiger partial charge in [-0.05, 0) is 12.8 Å². The van der Waals surface area contributed by atoms with Gasteiger partial charge >= 0.3 is 0 Å². The van der Waals surface area contributed by atoms with E-state index in [-0.39, 0.29) is 49.3 Å². The molecule has 0 radical (unpaired) electrons. The molecule has 2 heterocycles. The van der Waals surface area contributed by atoms with Crippen LogP contribution in [0.1, 0.15) is 71.1 Å². The van der Waals surface area contributed by atoms with Gasteiger partial charge in [-0.15, -0.1) is 0 Å². The van der Waals surface area contributed by atoms with Gasteiger partial charge in [0.25, 0.3) is 0 Å². The van der Waals surface area contributed by atoms with Gasteiger partial charge in [-0.1, -0.05) is 32.6 Å². The molecule has 0 saturated carbocycles. The molecule has 0 N–H and O–H groups in total. The summed E-state index contributed by atoms with van der Waals surface area (Å²) >= 11 is 0. The summed E-state index contributed by atoms with van der Waals surface area (Å²) in [5.41, 5.74) is 0. The summed E-state index contributed by atoms with van der Waals surface area (Å²) in [6.45, 7) is 2.13. The summed E-state index contributed by atoms with van der Waals surface area (Å²) in [7, 11) is 0. The van der Waals surface area contributed by atoms with Crippen LogP contribution in [-0.4, -0.2) is 39.6 Å². The Morgan fingerprint density at radius 3 is 1.55 bits per heavy atom. The summed E-state index contributed by atoms with van der Waals surface area (Å²) in [4.78, 5) is 50.3. The largest absolute Gasteiger partial charge is 0.274 e. The lowest BCUT2D eigenvalue weighted by atomic mass is 10.1. The van der Waals surface area contributed by atoms with Crippen molar-refractivity contribution in [3.05, 3.63) is 0 Å². The molecule has 6 heteroatoms. The molecular formula is C16H24N2O4. The van der Waals surface area contributed by atoms with Gasteiger partial charge in [-0.2, -0.15) is 0 Å². The first-order chi connectivity index (χ1) is 10.6. The Morgan fingerprint density at radius 2 is 1.14 bits per heavy atom. The van der Waals surface area contributed by atoms with E-state index < -0.39 is 6.17 Å². The molecule has 2 aliphatic rings. The Kier molecular flexibility index (Phi) is 5.69. The van der Waals surface area contributed by atoms with Crippen molar-refractivity contribution in [3.8, 4) is 0 Å². The number of imide groups is 2. The fourth-order valence-corrected chi connectivity index (χ4v) is 3.16. The summed E-state index contributed by atoms with van der Waals surface area (Å²) < 4.78 is 0. The lowest BCUT2D eigenvalue weighted by Crippen LogP contribution is -2.52. The van der Waals surface area contributed by atoms with E-state index in [0.29, 0.717) is 6.42 Å². The SMILES string of the molecule is CCCCCCCC(N1C(=O)CCC1=O)N1C(=O)CCC1=O. The molecule has 6 nitrogen and oxygen atoms in total. The van der Waals surface area contributed by atoms with Crippen LogP contribution in [0, 0.1) is 0 Å². The summed E-state index contributed by atoms with van der Waals surface area (Å²) in [5, 5.41) is 0. The van der Waals surface area contributed by atoms with E-state index in [1.165, 1.54) is 0 Å². The molecule has 0 spiro atoms. The van der Waals surface area contributed by atoms with Crippen LogP contribution in [-0.2, 0) is 19.2 Å². The van der Waals surface area contributed by atoms with Crippen molar-refractivity contribution in [2.75, 3.05) is 0 Å². The highest BCUT2D eigenvalue weighted by Gasteiger charge is 2.43. The minimum atomic E-state index is -0.702. The van der Waals surface area contributed by atoms with Crippen LogP contribution in [0.2, 0.25) is 0 Å². The molecule has 2 aliphatic heterocycles. The molecule has 0 unspecified atom stereocenters. The van der Waals surface area contributed by atoms with E-state index in [0.717, 1.165) is 41.9 Å². The third-order valence-electron chi connectivity index (χ3n) is 4.34. The highest BCUT2D eigenvalue weighted by atomic mass is 16.2. The fraction of sp³-hybridized carbons (Fsp3) is 0.750. The van der Waals surface area contributed by atoms with Crippen molar-refractivity contribution in [1.29, 1.82) is 0 Å². The number of nitrogens with zero attached hydrogens (tertiary/aromatic N) is 2. The number of likely N-dealkylation sites (tertiary alicyclic amines) is 2. The molecule has 4 amide bonds. The zero-order chi connectivity index (χ0) is 16.1. The number of carbonyl (C=O) groups excluding carboxylic acids is 4. The third kappa shape index (κ3) is 3.54. The second-order valence-corrected chi connectivity index (χ2v) is 6.00. The van der Waals surface area contributed by atoms with Crippen LogP contribution in [0.25, 0.3) is 0 Å². The van der Waals surface area contributed by atoms with Gasteiger partial charge in [0, 0.05) is 25.7 Å². The summed E-state index contributed by atoms with van der Waals surface area (Å²) in [5.74, 6) is -1.07. The Balaban J connectivity index is 2.07. The Hall–Kier alpha value is -1.72. The van der Waals surface area contributed by atoms with Crippen LogP contribution in [0.5, 0.6) is 0 Å². The molecule has 2 fully saturated rings. The minimum Gasteiger partial charge on any atom is -0.274 e. The molecule has 0 aromatic heterocycles. The average molecular weight is 308 g/mol. The molecule has 0 aromatic rings. The van der Waals surface area contributed by atoms with Crippen molar-refractivity contribution >= 4 is 23.6 Å². The van der Waals surface area contributed by atoms with Gasteiger partial charge in [0.05, 0.1) is 0 Å². The highest BCUT2D eigenvalue weighted by molar-refractivity contribution is 6.06. The van der Waals surface area contributed by atoms with Gasteiger partial charge in [0.15, 0.2) is 0 Å². The molecule has 2 rings (SSSR count). The topological polar surface area (TPSA) is 74.8 Å². The van der Waals surface area contributed by atoms with Crippen molar-refractivity contribution in [3.63, 3.8) is 0 Å². The van der Waals surface area contributed by atoms with Crippen LogP contribution in [0.4, 0.5) is 0 Å². The van der Waals surface area contributed by atoms with Crippen molar-refractivity contribution in [1.82, 2.24) is 9.80 Å². The zero-order valence-electron chi connectivity index (χ0n) is 13.2. The first kappa shape index (κ1) is 16.6. The molecule has 0 atom stereocenters. The van der Waals surface area contributed by atoms with Crippen molar-refractivity contribution in [2.24, 2.45) is 0 Å². The monoisotopic (exact) mass is 308 g/mol. The lowest BCUT2D eigenvalue weighted by Gasteiger charge is -2.32. The van der Waals surface area contributed by atoms with E-state index in [1.54, 1.807) is 0 Å². The predicted octanol–water partition coefficient (Wildman–Crippen LogP) is 1.97. The van der Waals surface area contributed by atoms with Gasteiger partial charge in [-0.3, -0.25) is 29.0 Å². The smallest absolute Gasteiger partial charge is 0.231 e. The average Bonchev–Trinajstić information content (AvgIpc) is 2.99. The van der Waals surface area contributed by atoms with E-state index in [2.05, 4.69) is 6.92 Å². The van der Waals surface area contributed by atoms with Gasteiger partial charge in [-0.25, -0.2) is 0 Å². The molecular weight excluding hydrogens is 284 g/mol. The Bertz CT molecular complexity index is 407. The number of rotatable bonds is 8. The van der Waals surface area contributed by atoms with Gasteiger partial charge in [0.2, 0.25) is 23.6 Å². The highest BCUT2D eigenvalue weighted by Crippen LogP contribution is 2.26. The van der Waals surface area contributed by atoms with E-state index in [1.807, 2.05) is 0 Å². The summed E-state index contributed by atoms with van der Waals surface area (Å²) in [6, 6.07) is 0. The Morgan fingerprint density at radius 1 is 0.727 bits per heavy atom. The second-order valence-electron chi connectivity index (χ2n) is 6.00. The summed E-state index contributed by atoms with van der Waals surface area (Å²) in [6.07, 6.45) is 5.68. The Labute approximate surface area is 130 Å². The lowest BCUT2D eigenvalue weighted by molar-refractivity contribution is -0.154. The molecule has 2 saturated heterocycles. The van der Waals surface area contributed by atoms with Crippen molar-refractivity contribution < 1.29 is 19.2 Å². The first-order valence-electron chi connectivity index (χ1n) is 8.26. The molecule has 122 valence electrons. The van der Waals surface area contributed by atoms with Crippen molar-refractivity contribution in [2.45, 2.75) is 77.3 Å². The fourth-order valence-electron chi connectivity index (χ4n) is 3.16. The normalized spacial score (nSPS) is 19.2. The maximum Gasteiger partial charge on any atom is 0.231 e. The van der Waals surface area contributed by atoms with Crippen LogP contribution in [0.15, 0.2) is 0 Å². The molecule has 0 bridgehead atoms. The molecule has 0 aliphatic carbocycles. The van der Waals surface area contributed by atoms with Crippen LogP contribution < -0.4 is 0 Å². The van der Waals surface area contributed by atoms with E-state index >= 15 is 0 Å². The maximum atomic E-state index is 12.0. The standard InChI is InChI=1S/C16H24N2O4/c1-2-3-4-5-6-7-12(17-13(19)8-9-14(17)20)18-15(21)10-11-16(18)22/h12H,2-11H2,1H3. The first-order valence-corrected chi connectivity index (χ1v) is 8.26. The van der Waals surface area contributed by atoms with E-state index in [9.17, 15) is 19.2 Å². The third-order valence-corrected chi connectivity index (χ3v) is 4.34. The quantitative estimate of drug-likeness (QED) is 0.507. The number of carbonyl (C=O) groups is 4. The van der Waals surface area contributed by atoms with Crippen LogP contribution >= 0.6 is 0 Å². The number of amides is 4. The van der Waals surface area contributed by atoms with Gasteiger partial charge < -0.3 is 0 Å². The molecule has 0 aromatic carbocycles. The maximum absolute atomic E-state index is 12.0. The number of hydrogen-bond acceptors (Lipinski definition) is 4. The van der Waals surface area contributed by atoms with Gasteiger partial charge in [0.1, 0.15) is 6.17 Å². The number of hydrogen-bond donors (Lipinski definition) is 0. The number of unbranched alkanes of at least 4 members (excludes halogenated alkanes) is 4. The predicted molar refractivity (Wildman–Crippen MR) is 79.3 cm³/mol. The van der Waals surface area contributed by atoms with Crippen LogP contribution in [0.3, 0.4) is 0 Å². The minimum absolute atomic E-state index is 0.182. The zero-order valence-corrected chi connectivity index (χ0v) is 13.2. The second kappa shape index (κ2) is 7.51.